The summed E-state index contributed by atoms with van der Waals surface area (Å²) in [6.45, 7) is 10.6. The van der Waals surface area contributed by atoms with Crippen LogP contribution in [0.4, 0.5) is 0 Å². The standard InChI is InChI=1S/C14H28N2O2/c1-11(9-14(4,15-5)12(17)18)16-8-6-7-13(2,3)10-16/h11,15H,6-10H2,1-5H3,(H,17,18). The van der Waals surface area contributed by atoms with E-state index < -0.39 is 11.5 Å². The predicted octanol–water partition coefficient (Wildman–Crippen LogP) is 1.95. The maximum atomic E-state index is 11.3. The summed E-state index contributed by atoms with van der Waals surface area (Å²) in [7, 11) is 1.72. The van der Waals surface area contributed by atoms with Crippen molar-refractivity contribution >= 4 is 5.97 Å². The van der Waals surface area contributed by atoms with Crippen molar-refractivity contribution in [1.29, 1.82) is 0 Å². The normalized spacial score (nSPS) is 25.4. The van der Waals surface area contributed by atoms with Gasteiger partial charge < -0.3 is 15.3 Å². The molecule has 1 fully saturated rings. The molecule has 0 aromatic heterocycles. The van der Waals surface area contributed by atoms with Gasteiger partial charge in [0.25, 0.3) is 0 Å². The minimum absolute atomic E-state index is 0.290. The average Bonchev–Trinajstić information content (AvgIpc) is 2.27. The summed E-state index contributed by atoms with van der Waals surface area (Å²) in [5.41, 5.74) is -0.479. The fourth-order valence-electron chi connectivity index (χ4n) is 2.86. The van der Waals surface area contributed by atoms with Gasteiger partial charge >= 0.3 is 5.97 Å². The van der Waals surface area contributed by atoms with E-state index in [0.29, 0.717) is 11.8 Å². The first-order chi connectivity index (χ1) is 8.20. The minimum atomic E-state index is -0.832. The van der Waals surface area contributed by atoms with Crippen molar-refractivity contribution in [2.75, 3.05) is 20.1 Å². The summed E-state index contributed by atoms with van der Waals surface area (Å²) in [5.74, 6) is -0.770. The Morgan fingerprint density at radius 3 is 2.61 bits per heavy atom. The first-order valence-corrected chi connectivity index (χ1v) is 6.86. The van der Waals surface area contributed by atoms with Crippen molar-refractivity contribution < 1.29 is 9.90 Å². The van der Waals surface area contributed by atoms with Crippen LogP contribution in [0, 0.1) is 5.41 Å². The average molecular weight is 256 g/mol. The molecule has 0 bridgehead atoms. The van der Waals surface area contributed by atoms with Gasteiger partial charge in [-0.15, -0.1) is 0 Å². The Hall–Kier alpha value is -0.610. The van der Waals surface area contributed by atoms with Crippen LogP contribution >= 0.6 is 0 Å². The maximum Gasteiger partial charge on any atom is 0.323 e. The molecule has 4 nitrogen and oxygen atoms in total. The van der Waals surface area contributed by atoms with Gasteiger partial charge in [0.1, 0.15) is 5.54 Å². The highest BCUT2D eigenvalue weighted by Gasteiger charge is 2.36. The molecule has 1 aliphatic heterocycles. The Bertz CT molecular complexity index is 304. The summed E-state index contributed by atoms with van der Waals surface area (Å²) in [4.78, 5) is 13.7. The number of nitrogens with zero attached hydrogens (tertiary/aromatic N) is 1. The van der Waals surface area contributed by atoms with Gasteiger partial charge in [0.2, 0.25) is 0 Å². The summed E-state index contributed by atoms with van der Waals surface area (Å²) < 4.78 is 0. The number of carboxylic acids is 1. The lowest BCUT2D eigenvalue weighted by Crippen LogP contribution is -2.54. The van der Waals surface area contributed by atoms with Gasteiger partial charge in [-0.25, -0.2) is 0 Å². The largest absolute Gasteiger partial charge is 0.480 e. The number of nitrogens with one attached hydrogen (secondary N) is 1. The highest BCUT2D eigenvalue weighted by Crippen LogP contribution is 2.30. The molecule has 1 heterocycles. The number of rotatable bonds is 5. The first kappa shape index (κ1) is 15.4. The van der Waals surface area contributed by atoms with Crippen LogP contribution in [-0.4, -0.2) is 47.7 Å². The zero-order valence-corrected chi connectivity index (χ0v) is 12.4. The van der Waals surface area contributed by atoms with Crippen LogP contribution in [0.25, 0.3) is 0 Å². The predicted molar refractivity (Wildman–Crippen MR) is 73.8 cm³/mol. The Morgan fingerprint density at radius 2 is 2.17 bits per heavy atom. The van der Waals surface area contributed by atoms with E-state index in [-0.39, 0.29) is 6.04 Å². The maximum absolute atomic E-state index is 11.3. The van der Waals surface area contributed by atoms with E-state index in [1.54, 1.807) is 14.0 Å². The third kappa shape index (κ3) is 3.69. The van der Waals surface area contributed by atoms with Crippen molar-refractivity contribution in [3.63, 3.8) is 0 Å². The molecule has 0 aromatic carbocycles. The molecule has 2 N–H and O–H groups in total. The van der Waals surface area contributed by atoms with Gasteiger partial charge in [-0.3, -0.25) is 4.79 Å². The molecule has 1 saturated heterocycles. The topological polar surface area (TPSA) is 52.6 Å². The first-order valence-electron chi connectivity index (χ1n) is 6.86. The van der Waals surface area contributed by atoms with Crippen LogP contribution in [-0.2, 0) is 4.79 Å². The molecular formula is C14H28N2O2. The summed E-state index contributed by atoms with van der Waals surface area (Å²) >= 11 is 0. The van der Waals surface area contributed by atoms with Gasteiger partial charge in [0.15, 0.2) is 0 Å². The Morgan fingerprint density at radius 1 is 1.56 bits per heavy atom. The second kappa shape index (κ2) is 5.57. The number of hydrogen-bond acceptors (Lipinski definition) is 3. The quantitative estimate of drug-likeness (QED) is 0.789. The lowest BCUT2D eigenvalue weighted by molar-refractivity contribution is -0.144. The molecule has 0 amide bonds. The van der Waals surface area contributed by atoms with E-state index in [1.807, 2.05) is 0 Å². The van der Waals surface area contributed by atoms with Gasteiger partial charge in [0, 0.05) is 12.6 Å². The molecule has 1 rings (SSSR count). The Balaban J connectivity index is 2.64. The van der Waals surface area contributed by atoms with E-state index in [9.17, 15) is 9.90 Å². The van der Waals surface area contributed by atoms with Crippen LogP contribution in [0.3, 0.4) is 0 Å². The molecule has 2 atom stereocenters. The number of likely N-dealkylation sites (N-methyl/N-ethyl adjacent to an activating group) is 1. The number of carboxylic acid groups (broad SMARTS) is 1. The summed E-state index contributed by atoms with van der Waals surface area (Å²) in [5, 5.41) is 12.2. The van der Waals surface area contributed by atoms with Gasteiger partial charge in [0.05, 0.1) is 0 Å². The third-order valence-corrected chi connectivity index (χ3v) is 4.28. The number of aliphatic carboxylic acids is 1. The molecule has 0 saturated carbocycles. The van der Waals surface area contributed by atoms with Crippen molar-refractivity contribution in [2.24, 2.45) is 5.41 Å². The highest BCUT2D eigenvalue weighted by molar-refractivity contribution is 5.78. The zero-order valence-electron chi connectivity index (χ0n) is 12.4. The fourth-order valence-corrected chi connectivity index (χ4v) is 2.86. The van der Waals surface area contributed by atoms with Crippen molar-refractivity contribution in [2.45, 2.75) is 58.5 Å². The molecule has 2 unspecified atom stereocenters. The molecule has 106 valence electrons. The smallest absolute Gasteiger partial charge is 0.323 e. The van der Waals surface area contributed by atoms with Crippen LogP contribution in [0.1, 0.15) is 47.0 Å². The number of hydrogen-bond donors (Lipinski definition) is 2. The highest BCUT2D eigenvalue weighted by atomic mass is 16.4. The summed E-state index contributed by atoms with van der Waals surface area (Å²) in [6.07, 6.45) is 3.11. The minimum Gasteiger partial charge on any atom is -0.480 e. The van der Waals surface area contributed by atoms with E-state index >= 15 is 0 Å². The van der Waals surface area contributed by atoms with Crippen molar-refractivity contribution in [3.8, 4) is 0 Å². The SMILES string of the molecule is CNC(C)(CC(C)N1CCCC(C)(C)C1)C(=O)O. The number of carbonyl (C=O) groups is 1. The van der Waals surface area contributed by atoms with Crippen LogP contribution in [0.15, 0.2) is 0 Å². The van der Waals surface area contributed by atoms with Crippen LogP contribution in [0.5, 0.6) is 0 Å². The molecule has 0 aliphatic carbocycles. The summed E-state index contributed by atoms with van der Waals surface area (Å²) in [6, 6.07) is 0.290. The monoisotopic (exact) mass is 256 g/mol. The second-order valence-corrected chi connectivity index (χ2v) is 6.68. The third-order valence-electron chi connectivity index (χ3n) is 4.28. The van der Waals surface area contributed by atoms with E-state index in [2.05, 4.69) is 31.0 Å². The van der Waals surface area contributed by atoms with Crippen molar-refractivity contribution in [1.82, 2.24) is 10.2 Å². The lowest BCUT2D eigenvalue weighted by Gasteiger charge is -2.43. The Labute approximate surface area is 111 Å². The second-order valence-electron chi connectivity index (χ2n) is 6.68. The van der Waals surface area contributed by atoms with Crippen molar-refractivity contribution in [3.05, 3.63) is 0 Å². The number of piperidine rings is 1. The molecule has 18 heavy (non-hydrogen) atoms. The van der Waals surface area contributed by atoms with Gasteiger partial charge in [-0.05, 0) is 52.1 Å². The molecule has 0 spiro atoms. The zero-order chi connectivity index (χ0) is 14.0. The van der Waals surface area contributed by atoms with E-state index in [1.165, 1.54) is 12.8 Å². The van der Waals surface area contributed by atoms with E-state index in [0.717, 1.165) is 13.1 Å². The molecule has 0 radical (unpaired) electrons. The Kier molecular flexibility index (Phi) is 4.78. The number of likely N-dealkylation sites (tertiary alicyclic amines) is 1. The molecular weight excluding hydrogens is 228 g/mol. The molecule has 4 heteroatoms. The van der Waals surface area contributed by atoms with Crippen LogP contribution < -0.4 is 5.32 Å². The molecule has 0 aromatic rings. The van der Waals surface area contributed by atoms with Gasteiger partial charge in [-0.1, -0.05) is 13.8 Å². The van der Waals surface area contributed by atoms with E-state index in [4.69, 9.17) is 0 Å². The lowest BCUT2D eigenvalue weighted by atomic mass is 9.82. The molecule has 1 aliphatic rings. The van der Waals surface area contributed by atoms with Gasteiger partial charge in [-0.2, -0.15) is 0 Å². The van der Waals surface area contributed by atoms with Crippen LogP contribution in [0.2, 0.25) is 0 Å². The fraction of sp³-hybridized carbons (Fsp3) is 0.929.